The van der Waals surface area contributed by atoms with Gasteiger partial charge in [0, 0.05) is 59.1 Å². The van der Waals surface area contributed by atoms with Gasteiger partial charge in [-0.3, -0.25) is 9.59 Å². The Labute approximate surface area is 108 Å². The molecule has 0 saturated heterocycles. The first-order valence-corrected chi connectivity index (χ1v) is 2.24. The smallest absolute Gasteiger partial charge is 0.321 e. The molecule has 0 aromatic rings. The van der Waals surface area contributed by atoms with Crippen molar-refractivity contribution in [1.29, 1.82) is 0 Å². The van der Waals surface area contributed by atoms with Gasteiger partial charge in [-0.25, -0.2) is 0 Å². The molecule has 0 aliphatic carbocycles. The van der Waals surface area contributed by atoms with E-state index in [1.165, 1.54) is 0 Å². The zero-order chi connectivity index (χ0) is 7.44. The Morgan fingerprint density at radius 3 is 1.73 bits per heavy atom. The molecule has 7 heteroatoms. The third-order valence-corrected chi connectivity index (χ3v) is 0.712. The number of rotatable bonds is 3. The van der Waals surface area contributed by atoms with Gasteiger partial charge in [-0.1, -0.05) is 0 Å². The fourth-order valence-corrected chi connectivity index (χ4v) is 0.275. The van der Waals surface area contributed by atoms with Gasteiger partial charge in [0.05, 0.1) is 6.42 Å². The van der Waals surface area contributed by atoms with Gasteiger partial charge in [-0.05, 0) is 0 Å². The largest absolute Gasteiger partial charge is 0.481 e. The molecule has 0 spiro atoms. The molecule has 54 valence electrons. The summed E-state index contributed by atoms with van der Waals surface area (Å²) in [5.41, 5.74) is 4.84. The Balaban J connectivity index is -0.000000320. The minimum absolute atomic E-state index is 0. The maximum Gasteiger partial charge on any atom is 0.321 e. The first-order valence-electron chi connectivity index (χ1n) is 2.24. The Kier molecular flexibility index (Phi) is 14.6. The van der Waals surface area contributed by atoms with Crippen molar-refractivity contribution in [2.75, 3.05) is 0 Å². The predicted molar refractivity (Wildman–Crippen MR) is 39.4 cm³/mol. The monoisotopic (exact) mass is 179 g/mol. The third kappa shape index (κ3) is 10.9. The maximum atomic E-state index is 9.85. The van der Waals surface area contributed by atoms with Crippen LogP contribution in [0.4, 0.5) is 0 Å². The minimum atomic E-state index is -1.29. The molecule has 0 aromatic heterocycles. The average Bonchev–Trinajstić information content (AvgIpc) is 1.63. The normalized spacial score (nSPS) is 10.3. The van der Waals surface area contributed by atoms with E-state index in [4.69, 9.17) is 15.9 Å². The van der Waals surface area contributed by atoms with Gasteiger partial charge in [-0.15, -0.1) is 0 Å². The Bertz CT molecular complexity index is 140. The fraction of sp³-hybridized carbons (Fsp3) is 0.500. The Morgan fingerprint density at radius 2 is 1.64 bits per heavy atom. The molecule has 0 aliphatic rings. The van der Waals surface area contributed by atoms with Crippen LogP contribution < -0.4 is 5.73 Å². The topological polar surface area (TPSA) is 101 Å². The van der Waals surface area contributed by atoms with Crippen LogP contribution in [-0.2, 0) is 9.59 Å². The molecule has 0 aliphatic heterocycles. The number of aliphatic carboxylic acids is 2. The quantitative estimate of drug-likeness (QED) is 0.440. The van der Waals surface area contributed by atoms with Gasteiger partial charge in [0.1, 0.15) is 6.04 Å². The molecule has 1 atom stereocenters. The molecular weight excluding hydrogens is 172 g/mol. The zero-order valence-electron chi connectivity index (χ0n) is 6.57. The van der Waals surface area contributed by atoms with Gasteiger partial charge in [0.2, 0.25) is 0 Å². The number of hydrogen-bond donors (Lipinski definition) is 3. The first kappa shape index (κ1) is 17.8. The van der Waals surface area contributed by atoms with Crippen LogP contribution >= 0.6 is 0 Å². The van der Waals surface area contributed by atoms with Crippen LogP contribution in [0, 0.1) is 0 Å². The number of hydrogen-bond acceptors (Lipinski definition) is 3. The second-order valence-corrected chi connectivity index (χ2v) is 1.54. The molecule has 0 saturated carbocycles. The van der Waals surface area contributed by atoms with Gasteiger partial charge >= 0.3 is 11.9 Å². The molecule has 0 aromatic carbocycles. The molecule has 4 N–H and O–H groups in total. The fourth-order valence-electron chi connectivity index (χ4n) is 0.275. The summed E-state index contributed by atoms with van der Waals surface area (Å²) in [4.78, 5) is 19.6. The summed E-state index contributed by atoms with van der Waals surface area (Å²) in [6.45, 7) is 0. The van der Waals surface area contributed by atoms with Crippen molar-refractivity contribution in [1.82, 2.24) is 0 Å². The van der Waals surface area contributed by atoms with Crippen molar-refractivity contribution in [3.8, 4) is 0 Å². The molecule has 0 amide bonds. The van der Waals surface area contributed by atoms with Crippen LogP contribution in [0.25, 0.3) is 0 Å². The van der Waals surface area contributed by atoms with Crippen LogP contribution in [0.3, 0.4) is 0 Å². The molecule has 0 fully saturated rings. The zero-order valence-corrected chi connectivity index (χ0v) is 10.6. The Morgan fingerprint density at radius 1 is 1.27 bits per heavy atom. The van der Waals surface area contributed by atoms with Crippen molar-refractivity contribution < 1.29 is 19.8 Å². The van der Waals surface area contributed by atoms with E-state index < -0.39 is 24.4 Å². The molecular formula is C4H7NNa2O4. The van der Waals surface area contributed by atoms with E-state index in [-0.39, 0.29) is 59.1 Å². The molecule has 2 radical (unpaired) electrons. The van der Waals surface area contributed by atoms with E-state index >= 15 is 0 Å². The van der Waals surface area contributed by atoms with E-state index in [9.17, 15) is 9.59 Å². The van der Waals surface area contributed by atoms with Crippen LogP contribution in [0.15, 0.2) is 0 Å². The van der Waals surface area contributed by atoms with Crippen molar-refractivity contribution in [2.24, 2.45) is 5.73 Å². The minimum Gasteiger partial charge on any atom is -0.481 e. The SMILES string of the molecule is N[C@@H](CC(=O)O)C(=O)O.[Na].[Na]. The second kappa shape index (κ2) is 8.99. The predicted octanol–water partition coefficient (Wildman–Crippen LogP) is -1.89. The van der Waals surface area contributed by atoms with Gasteiger partial charge in [-0.2, -0.15) is 0 Å². The molecule has 0 heterocycles. The summed E-state index contributed by atoms with van der Waals surface area (Å²) >= 11 is 0. The summed E-state index contributed by atoms with van der Waals surface area (Å²) in [6.07, 6.45) is -0.532. The third-order valence-electron chi connectivity index (χ3n) is 0.712. The van der Waals surface area contributed by atoms with Crippen molar-refractivity contribution in [3.63, 3.8) is 0 Å². The number of carbonyl (C=O) groups is 2. The van der Waals surface area contributed by atoms with E-state index in [0.717, 1.165) is 0 Å². The van der Waals surface area contributed by atoms with Crippen LogP contribution in [0.1, 0.15) is 6.42 Å². The first-order chi connectivity index (χ1) is 4.04. The van der Waals surface area contributed by atoms with Crippen LogP contribution in [-0.4, -0.2) is 87.3 Å². The molecule has 0 bridgehead atoms. The second-order valence-electron chi connectivity index (χ2n) is 1.54. The van der Waals surface area contributed by atoms with Crippen molar-refractivity contribution in [2.45, 2.75) is 12.5 Å². The molecule has 0 unspecified atom stereocenters. The number of carboxylic acid groups (broad SMARTS) is 2. The summed E-state index contributed by atoms with van der Waals surface area (Å²) in [6, 6.07) is -1.29. The van der Waals surface area contributed by atoms with Crippen molar-refractivity contribution in [3.05, 3.63) is 0 Å². The van der Waals surface area contributed by atoms with Gasteiger partial charge in [0.25, 0.3) is 0 Å². The number of carboxylic acids is 2. The number of nitrogens with two attached hydrogens (primary N) is 1. The molecule has 5 nitrogen and oxygen atoms in total. The van der Waals surface area contributed by atoms with Crippen molar-refractivity contribution >= 4 is 71.1 Å². The standard InChI is InChI=1S/C4H7NO4.2Na/c5-2(4(8)9)1-3(6)7;;/h2H,1,5H2,(H,6,7)(H,8,9);;/t2-;;/m0../s1. The van der Waals surface area contributed by atoms with Gasteiger partial charge in [0.15, 0.2) is 0 Å². The Hall–Kier alpha value is 0.900. The summed E-state index contributed by atoms with van der Waals surface area (Å²) in [5, 5.41) is 16.0. The van der Waals surface area contributed by atoms with E-state index in [1.54, 1.807) is 0 Å². The van der Waals surface area contributed by atoms with Crippen LogP contribution in [0.5, 0.6) is 0 Å². The van der Waals surface area contributed by atoms with E-state index in [1.807, 2.05) is 0 Å². The maximum absolute atomic E-state index is 9.85. The summed E-state index contributed by atoms with van der Waals surface area (Å²) in [7, 11) is 0. The van der Waals surface area contributed by atoms with E-state index in [0.29, 0.717) is 0 Å². The molecule has 11 heavy (non-hydrogen) atoms. The summed E-state index contributed by atoms with van der Waals surface area (Å²) < 4.78 is 0. The summed E-state index contributed by atoms with van der Waals surface area (Å²) in [5.74, 6) is -2.50. The van der Waals surface area contributed by atoms with E-state index in [2.05, 4.69) is 0 Å². The average molecular weight is 179 g/mol. The van der Waals surface area contributed by atoms with Crippen LogP contribution in [0.2, 0.25) is 0 Å². The van der Waals surface area contributed by atoms with Gasteiger partial charge < -0.3 is 15.9 Å². The molecule has 0 rings (SSSR count).